The summed E-state index contributed by atoms with van der Waals surface area (Å²) in [5.41, 5.74) is 11.0. The van der Waals surface area contributed by atoms with Crippen molar-refractivity contribution in [3.8, 4) is 0 Å². The number of hydrogen-bond donors (Lipinski definition) is 2. The Bertz CT molecular complexity index is 1360. The van der Waals surface area contributed by atoms with Crippen LogP contribution in [0.1, 0.15) is 59.1 Å². The first-order valence-electron chi connectivity index (χ1n) is 12.6. The van der Waals surface area contributed by atoms with Crippen LogP contribution in [-0.4, -0.2) is 45.9 Å². The number of carbonyl (C=O) groups is 3. The molecule has 0 fully saturated rings. The number of nitrogens with two attached hydrogens (primary N) is 1. The minimum Gasteiger partial charge on any atom is -0.418 e. The molecule has 1 unspecified atom stereocenters. The van der Waals surface area contributed by atoms with Gasteiger partial charge in [-0.05, 0) is 42.4 Å². The minimum absolute atomic E-state index is 0.147. The van der Waals surface area contributed by atoms with E-state index >= 15 is 0 Å². The lowest BCUT2D eigenvalue weighted by atomic mass is 9.98. The van der Waals surface area contributed by atoms with Crippen LogP contribution < -0.4 is 16.0 Å². The van der Waals surface area contributed by atoms with Crippen LogP contribution in [-0.2, 0) is 28.9 Å². The first-order valence-corrected chi connectivity index (χ1v) is 12.6. The molecule has 2 aromatic carbocycles. The largest absolute Gasteiger partial charge is 0.418 e. The molecule has 0 radical (unpaired) electrons. The summed E-state index contributed by atoms with van der Waals surface area (Å²) in [6.07, 6.45) is 1.97. The topological polar surface area (TPSA) is 131 Å². The number of amides is 2. The molecule has 0 bridgehead atoms. The van der Waals surface area contributed by atoms with Gasteiger partial charge in [0, 0.05) is 6.42 Å². The number of benzene rings is 2. The molecule has 0 saturated heterocycles. The Balaban J connectivity index is 1.34. The smallest absolute Gasteiger partial charge is 0.286 e. The van der Waals surface area contributed by atoms with Crippen LogP contribution in [0.25, 0.3) is 0 Å². The Morgan fingerprint density at radius 3 is 2.68 bits per heavy atom. The van der Waals surface area contributed by atoms with Gasteiger partial charge in [-0.25, -0.2) is 0 Å². The molecule has 37 heavy (non-hydrogen) atoms. The molecule has 0 saturated carbocycles. The highest BCUT2D eigenvalue weighted by atomic mass is 16.4. The van der Waals surface area contributed by atoms with Crippen LogP contribution in [0.15, 0.2) is 46.9 Å². The van der Waals surface area contributed by atoms with Gasteiger partial charge in [-0.1, -0.05) is 61.9 Å². The molecule has 2 amide bonds. The van der Waals surface area contributed by atoms with Crippen molar-refractivity contribution in [3.05, 3.63) is 76.5 Å². The number of carbonyl (C=O) groups excluding carboxylic acids is 3. The van der Waals surface area contributed by atoms with Crippen LogP contribution in [0.2, 0.25) is 0 Å². The number of Topliss-reactive ketones (excluding diaryl/α,β-unsaturated/α-hetero) is 1. The summed E-state index contributed by atoms with van der Waals surface area (Å²) in [4.78, 5) is 41.6. The Kier molecular flexibility index (Phi) is 6.64. The molecule has 2 aliphatic heterocycles. The van der Waals surface area contributed by atoms with Crippen LogP contribution in [0.5, 0.6) is 0 Å². The molecule has 5 rings (SSSR count). The van der Waals surface area contributed by atoms with E-state index in [2.05, 4.69) is 15.5 Å². The lowest BCUT2D eigenvalue weighted by Gasteiger charge is -2.28. The summed E-state index contributed by atoms with van der Waals surface area (Å²) in [6, 6.07) is 11.4. The number of rotatable bonds is 7. The predicted molar refractivity (Wildman–Crippen MR) is 137 cm³/mol. The summed E-state index contributed by atoms with van der Waals surface area (Å²) in [5, 5.41) is 10.9. The summed E-state index contributed by atoms with van der Waals surface area (Å²) in [7, 11) is 0. The maximum absolute atomic E-state index is 13.5. The fourth-order valence-electron chi connectivity index (χ4n) is 5.20. The Morgan fingerprint density at radius 2 is 1.92 bits per heavy atom. The molecule has 2 aliphatic rings. The Hall–Kier alpha value is -3.85. The zero-order chi connectivity index (χ0) is 26.3. The number of nitrogens with one attached hydrogen (secondary N) is 1. The summed E-state index contributed by atoms with van der Waals surface area (Å²) >= 11 is 0. The highest BCUT2D eigenvalue weighted by molar-refractivity contribution is 6.08. The van der Waals surface area contributed by atoms with Crippen LogP contribution in [0, 0.1) is 12.8 Å². The first kappa shape index (κ1) is 24.8. The van der Waals surface area contributed by atoms with E-state index in [0.29, 0.717) is 31.6 Å². The molecule has 3 N–H and O–H groups in total. The standard InChI is InChI=1S/C28H31N5O4/c1-15(2)23(25(34)27-32-31-22(37-27)13-17-7-4-6-16(3)12-17)30-26(35)21-14-19-9-5-8-18-10-11-20(29)28(36)33(21)24(18)19/h4-9,12,15,20-21,23H,10-11,13-14,29H2,1-3H3,(H,30,35)/t20?,21-,23-/m0/s1. The van der Waals surface area contributed by atoms with Crippen LogP contribution in [0.3, 0.4) is 0 Å². The predicted octanol–water partition coefficient (Wildman–Crippen LogP) is 2.52. The van der Waals surface area contributed by atoms with Crippen molar-refractivity contribution in [1.82, 2.24) is 15.5 Å². The van der Waals surface area contributed by atoms with Crippen molar-refractivity contribution in [1.29, 1.82) is 0 Å². The molecule has 3 heterocycles. The van der Waals surface area contributed by atoms with Gasteiger partial charge >= 0.3 is 0 Å². The molecule has 192 valence electrons. The molecule has 3 atom stereocenters. The van der Waals surface area contributed by atoms with E-state index in [0.717, 1.165) is 27.9 Å². The van der Waals surface area contributed by atoms with E-state index in [1.165, 1.54) is 4.90 Å². The van der Waals surface area contributed by atoms with E-state index in [-0.39, 0.29) is 17.7 Å². The van der Waals surface area contributed by atoms with E-state index in [9.17, 15) is 14.4 Å². The fraction of sp³-hybridized carbons (Fsp3) is 0.393. The molecule has 0 spiro atoms. The number of hydrogen-bond acceptors (Lipinski definition) is 7. The summed E-state index contributed by atoms with van der Waals surface area (Å²) in [5.74, 6) is -1.20. The van der Waals surface area contributed by atoms with Gasteiger partial charge in [-0.2, -0.15) is 0 Å². The molecule has 0 aliphatic carbocycles. The maximum atomic E-state index is 13.5. The zero-order valence-corrected chi connectivity index (χ0v) is 21.2. The van der Waals surface area contributed by atoms with Gasteiger partial charge in [0.25, 0.3) is 5.89 Å². The van der Waals surface area contributed by atoms with Gasteiger partial charge in [0.15, 0.2) is 0 Å². The minimum atomic E-state index is -0.890. The van der Waals surface area contributed by atoms with Gasteiger partial charge < -0.3 is 15.5 Å². The molecule has 9 heteroatoms. The Labute approximate surface area is 215 Å². The number of aryl methyl sites for hydroxylation is 2. The van der Waals surface area contributed by atoms with E-state index in [1.807, 2.05) is 63.2 Å². The molecule has 1 aromatic heterocycles. The van der Waals surface area contributed by atoms with Gasteiger partial charge in [-0.15, -0.1) is 10.2 Å². The van der Waals surface area contributed by atoms with Crippen LogP contribution in [0.4, 0.5) is 5.69 Å². The SMILES string of the molecule is Cc1cccc(Cc2nnc(C(=O)[C@@H](NC(=O)[C@@H]3Cc4cccc5c4N3C(=O)C(N)CC5)C(C)C)o2)c1. The normalized spacial score (nSPS) is 19.5. The number of nitrogens with zero attached hydrogens (tertiary/aromatic N) is 3. The monoisotopic (exact) mass is 501 g/mol. The van der Waals surface area contributed by atoms with Crippen molar-refractivity contribution in [3.63, 3.8) is 0 Å². The van der Waals surface area contributed by atoms with Gasteiger partial charge in [-0.3, -0.25) is 19.3 Å². The third kappa shape index (κ3) is 4.79. The van der Waals surface area contributed by atoms with E-state index in [1.54, 1.807) is 0 Å². The Morgan fingerprint density at radius 1 is 1.16 bits per heavy atom. The second-order valence-electron chi connectivity index (χ2n) is 10.3. The molecule has 9 nitrogen and oxygen atoms in total. The van der Waals surface area contributed by atoms with Crippen molar-refractivity contribution >= 4 is 23.3 Å². The number of aromatic nitrogens is 2. The highest BCUT2D eigenvalue weighted by Gasteiger charge is 2.44. The fourth-order valence-corrected chi connectivity index (χ4v) is 5.20. The second kappa shape index (κ2) is 9.89. The molecular formula is C28H31N5O4. The maximum Gasteiger partial charge on any atom is 0.286 e. The van der Waals surface area contributed by atoms with Gasteiger partial charge in [0.1, 0.15) is 6.04 Å². The second-order valence-corrected chi connectivity index (χ2v) is 10.3. The van der Waals surface area contributed by atoms with Crippen molar-refractivity contribution < 1.29 is 18.8 Å². The highest BCUT2D eigenvalue weighted by Crippen LogP contribution is 2.38. The molecule has 3 aromatic rings. The van der Waals surface area contributed by atoms with E-state index < -0.39 is 29.8 Å². The number of ketones is 1. The third-order valence-electron chi connectivity index (χ3n) is 7.11. The van der Waals surface area contributed by atoms with Crippen molar-refractivity contribution in [2.45, 2.75) is 64.6 Å². The summed E-state index contributed by atoms with van der Waals surface area (Å²) in [6.45, 7) is 5.67. The van der Waals surface area contributed by atoms with Crippen LogP contribution >= 0.6 is 0 Å². The van der Waals surface area contributed by atoms with Crippen molar-refractivity contribution in [2.75, 3.05) is 4.90 Å². The lowest BCUT2D eigenvalue weighted by molar-refractivity contribution is -0.127. The van der Waals surface area contributed by atoms with Gasteiger partial charge in [0.05, 0.1) is 24.2 Å². The van der Waals surface area contributed by atoms with Gasteiger partial charge in [0.2, 0.25) is 23.5 Å². The number of para-hydroxylation sites is 1. The van der Waals surface area contributed by atoms with Crippen molar-refractivity contribution in [2.24, 2.45) is 11.7 Å². The average Bonchev–Trinajstić information content (AvgIpc) is 3.46. The summed E-state index contributed by atoms with van der Waals surface area (Å²) < 4.78 is 5.69. The third-order valence-corrected chi connectivity index (χ3v) is 7.11. The van der Waals surface area contributed by atoms with E-state index in [4.69, 9.17) is 10.2 Å². The first-order chi connectivity index (χ1) is 17.7. The lowest BCUT2D eigenvalue weighted by Crippen LogP contribution is -2.56. The zero-order valence-electron chi connectivity index (χ0n) is 21.2. The number of anilines is 1. The average molecular weight is 502 g/mol. The molecular weight excluding hydrogens is 470 g/mol. The quantitative estimate of drug-likeness (QED) is 0.476.